The third-order valence-electron chi connectivity index (χ3n) is 3.73. The highest BCUT2D eigenvalue weighted by Crippen LogP contribution is 2.25. The zero-order valence-corrected chi connectivity index (χ0v) is 11.0. The van der Waals surface area contributed by atoms with Crippen molar-refractivity contribution < 1.29 is 4.42 Å². The van der Waals surface area contributed by atoms with E-state index >= 15 is 0 Å². The predicted molar refractivity (Wildman–Crippen MR) is 71.3 cm³/mol. The van der Waals surface area contributed by atoms with Gasteiger partial charge in [-0.15, -0.1) is 0 Å². The molecular weight excluding hydrogens is 212 g/mol. The van der Waals surface area contributed by atoms with Gasteiger partial charge in [-0.3, -0.25) is 0 Å². The molecule has 0 saturated carbocycles. The number of nitrogens with two attached hydrogens (primary N) is 1. The molecule has 0 bridgehead atoms. The van der Waals surface area contributed by atoms with Crippen LogP contribution in [0, 0.1) is 5.92 Å². The number of piperidine rings is 1. The second kappa shape index (κ2) is 5.58. The topological polar surface area (TPSA) is 42.4 Å². The van der Waals surface area contributed by atoms with Gasteiger partial charge in [0.05, 0.1) is 0 Å². The second-order valence-corrected chi connectivity index (χ2v) is 5.28. The van der Waals surface area contributed by atoms with Crippen molar-refractivity contribution in [2.45, 2.75) is 45.6 Å². The van der Waals surface area contributed by atoms with E-state index < -0.39 is 0 Å². The van der Waals surface area contributed by atoms with Crippen LogP contribution in [-0.2, 0) is 6.42 Å². The summed E-state index contributed by atoms with van der Waals surface area (Å²) in [7, 11) is 0. The standard InChI is InChI=1S/C14H24N2O/c1-3-12(15)10-13-4-5-14(17-13)16-8-6-11(2)7-9-16/h4-5,11-12H,3,6-10,15H2,1-2H3. The van der Waals surface area contributed by atoms with Gasteiger partial charge in [0.25, 0.3) is 0 Å². The van der Waals surface area contributed by atoms with E-state index in [2.05, 4.69) is 30.9 Å². The Balaban J connectivity index is 1.93. The van der Waals surface area contributed by atoms with E-state index in [1.807, 2.05) is 0 Å². The van der Waals surface area contributed by atoms with Crippen LogP contribution in [0.15, 0.2) is 16.5 Å². The first kappa shape index (κ1) is 12.5. The smallest absolute Gasteiger partial charge is 0.195 e. The first-order valence-electron chi connectivity index (χ1n) is 6.78. The van der Waals surface area contributed by atoms with E-state index in [9.17, 15) is 0 Å². The first-order chi connectivity index (χ1) is 8.19. The molecule has 2 heterocycles. The summed E-state index contributed by atoms with van der Waals surface area (Å²) in [4.78, 5) is 2.35. The fraction of sp³-hybridized carbons (Fsp3) is 0.714. The van der Waals surface area contributed by atoms with E-state index in [1.165, 1.54) is 12.8 Å². The molecule has 0 aromatic carbocycles. The van der Waals surface area contributed by atoms with Crippen LogP contribution in [0.25, 0.3) is 0 Å². The van der Waals surface area contributed by atoms with E-state index in [4.69, 9.17) is 10.2 Å². The van der Waals surface area contributed by atoms with Gasteiger partial charge in [-0.25, -0.2) is 0 Å². The fourth-order valence-electron chi connectivity index (χ4n) is 2.28. The van der Waals surface area contributed by atoms with Gasteiger partial charge < -0.3 is 15.1 Å². The molecule has 0 radical (unpaired) electrons. The number of rotatable bonds is 4. The lowest BCUT2D eigenvalue weighted by atomic mass is 9.99. The zero-order chi connectivity index (χ0) is 12.3. The second-order valence-electron chi connectivity index (χ2n) is 5.28. The Hall–Kier alpha value is -0.960. The highest BCUT2D eigenvalue weighted by Gasteiger charge is 2.18. The first-order valence-corrected chi connectivity index (χ1v) is 6.78. The zero-order valence-electron chi connectivity index (χ0n) is 11.0. The summed E-state index contributed by atoms with van der Waals surface area (Å²) in [5.41, 5.74) is 5.94. The number of hydrogen-bond acceptors (Lipinski definition) is 3. The van der Waals surface area contributed by atoms with Gasteiger partial charge in [0.2, 0.25) is 0 Å². The number of anilines is 1. The lowest BCUT2D eigenvalue weighted by Crippen LogP contribution is -2.32. The van der Waals surface area contributed by atoms with E-state index in [-0.39, 0.29) is 6.04 Å². The quantitative estimate of drug-likeness (QED) is 0.874. The largest absolute Gasteiger partial charge is 0.446 e. The van der Waals surface area contributed by atoms with Gasteiger partial charge in [-0.1, -0.05) is 13.8 Å². The summed E-state index contributed by atoms with van der Waals surface area (Å²) in [5, 5.41) is 0. The van der Waals surface area contributed by atoms with Crippen LogP contribution in [0.3, 0.4) is 0 Å². The molecule has 0 amide bonds. The summed E-state index contributed by atoms with van der Waals surface area (Å²) in [6.07, 6.45) is 4.38. The average Bonchev–Trinajstić information content (AvgIpc) is 2.78. The average molecular weight is 236 g/mol. The van der Waals surface area contributed by atoms with Gasteiger partial charge in [0.15, 0.2) is 5.88 Å². The van der Waals surface area contributed by atoms with Crippen LogP contribution in [0.1, 0.15) is 38.9 Å². The molecule has 96 valence electrons. The van der Waals surface area contributed by atoms with E-state index in [1.54, 1.807) is 0 Å². The molecule has 3 nitrogen and oxygen atoms in total. The molecule has 1 unspecified atom stereocenters. The van der Waals surface area contributed by atoms with Crippen molar-refractivity contribution in [3.05, 3.63) is 17.9 Å². The summed E-state index contributed by atoms with van der Waals surface area (Å²) in [6.45, 7) is 6.67. The molecular formula is C14H24N2O. The minimum Gasteiger partial charge on any atom is -0.446 e. The molecule has 17 heavy (non-hydrogen) atoms. The van der Waals surface area contributed by atoms with Gasteiger partial charge in [-0.05, 0) is 31.2 Å². The SMILES string of the molecule is CCC(N)Cc1ccc(N2CCC(C)CC2)o1. The Morgan fingerprint density at radius 3 is 2.76 bits per heavy atom. The van der Waals surface area contributed by atoms with Crippen LogP contribution < -0.4 is 10.6 Å². The summed E-state index contributed by atoms with van der Waals surface area (Å²) < 4.78 is 5.88. The van der Waals surface area contributed by atoms with Crippen molar-refractivity contribution in [2.75, 3.05) is 18.0 Å². The maximum Gasteiger partial charge on any atom is 0.195 e. The Bertz CT molecular complexity index is 340. The van der Waals surface area contributed by atoms with Crippen LogP contribution >= 0.6 is 0 Å². The summed E-state index contributed by atoms with van der Waals surface area (Å²) in [5.74, 6) is 2.90. The molecule has 0 spiro atoms. The lowest BCUT2D eigenvalue weighted by molar-refractivity contribution is 0.406. The van der Waals surface area contributed by atoms with Crippen LogP contribution in [0.2, 0.25) is 0 Å². The highest BCUT2D eigenvalue weighted by atomic mass is 16.4. The van der Waals surface area contributed by atoms with Crippen molar-refractivity contribution in [3.63, 3.8) is 0 Å². The highest BCUT2D eigenvalue weighted by molar-refractivity contribution is 5.37. The van der Waals surface area contributed by atoms with Crippen molar-refractivity contribution in [1.82, 2.24) is 0 Å². The molecule has 2 N–H and O–H groups in total. The fourth-order valence-corrected chi connectivity index (χ4v) is 2.28. The van der Waals surface area contributed by atoms with Crippen LogP contribution in [0.5, 0.6) is 0 Å². The maximum atomic E-state index is 5.94. The maximum absolute atomic E-state index is 5.94. The third kappa shape index (κ3) is 3.25. The molecule has 2 rings (SSSR count). The molecule has 1 aliphatic rings. The number of furan rings is 1. The lowest BCUT2D eigenvalue weighted by Gasteiger charge is -2.29. The number of nitrogens with zero attached hydrogens (tertiary/aromatic N) is 1. The molecule has 0 aliphatic carbocycles. The summed E-state index contributed by atoms with van der Waals surface area (Å²) >= 11 is 0. The third-order valence-corrected chi connectivity index (χ3v) is 3.73. The molecule has 1 aromatic heterocycles. The summed E-state index contributed by atoms with van der Waals surface area (Å²) in [6, 6.07) is 4.38. The van der Waals surface area contributed by atoms with Gasteiger partial charge in [0, 0.05) is 31.6 Å². The predicted octanol–water partition coefficient (Wildman–Crippen LogP) is 2.80. The van der Waals surface area contributed by atoms with Gasteiger partial charge in [0.1, 0.15) is 5.76 Å². The van der Waals surface area contributed by atoms with Crippen LogP contribution in [-0.4, -0.2) is 19.1 Å². The molecule has 1 aliphatic heterocycles. The Morgan fingerprint density at radius 1 is 1.41 bits per heavy atom. The van der Waals surface area contributed by atoms with Crippen LogP contribution in [0.4, 0.5) is 5.88 Å². The Labute approximate surface area is 104 Å². The minimum absolute atomic E-state index is 0.218. The Kier molecular flexibility index (Phi) is 4.11. The molecule has 1 saturated heterocycles. The minimum atomic E-state index is 0.218. The number of hydrogen-bond donors (Lipinski definition) is 1. The van der Waals surface area contributed by atoms with Crippen molar-refractivity contribution in [2.24, 2.45) is 11.7 Å². The molecule has 1 fully saturated rings. The normalized spacial score (nSPS) is 19.6. The monoisotopic (exact) mass is 236 g/mol. The Morgan fingerprint density at radius 2 is 2.12 bits per heavy atom. The van der Waals surface area contributed by atoms with Gasteiger partial charge in [-0.2, -0.15) is 0 Å². The van der Waals surface area contributed by atoms with Crippen molar-refractivity contribution in [3.8, 4) is 0 Å². The van der Waals surface area contributed by atoms with Gasteiger partial charge >= 0.3 is 0 Å². The van der Waals surface area contributed by atoms with E-state index in [0.29, 0.717) is 0 Å². The molecule has 1 aromatic rings. The molecule has 1 atom stereocenters. The van der Waals surface area contributed by atoms with Crippen molar-refractivity contribution >= 4 is 5.88 Å². The molecule has 3 heteroatoms. The van der Waals surface area contributed by atoms with E-state index in [0.717, 1.165) is 43.5 Å². The van der Waals surface area contributed by atoms with Crippen molar-refractivity contribution in [1.29, 1.82) is 0 Å².